The van der Waals surface area contributed by atoms with Crippen molar-refractivity contribution in [2.24, 2.45) is 0 Å². The molecule has 0 spiro atoms. The van der Waals surface area contributed by atoms with Crippen LogP contribution in [0.5, 0.6) is 0 Å². The fourth-order valence-electron chi connectivity index (χ4n) is 1.86. The summed E-state index contributed by atoms with van der Waals surface area (Å²) in [6, 6.07) is 0. The average Bonchev–Trinajstić information content (AvgIpc) is 2.91. The summed E-state index contributed by atoms with van der Waals surface area (Å²) >= 11 is 1.52. The number of hydrogen-bond donors (Lipinski definition) is 1. The van der Waals surface area contributed by atoms with Crippen molar-refractivity contribution in [2.75, 3.05) is 0 Å². The molecule has 3 aromatic rings. The van der Waals surface area contributed by atoms with Gasteiger partial charge in [0.25, 0.3) is 0 Å². The molecule has 0 amide bonds. The van der Waals surface area contributed by atoms with Gasteiger partial charge in [-0.25, -0.2) is 4.98 Å². The second-order valence-electron chi connectivity index (χ2n) is 3.71. The smallest absolute Gasteiger partial charge is 0.196 e. The molecule has 0 atom stereocenters. The Hall–Kier alpha value is -1.73. The van der Waals surface area contributed by atoms with Crippen molar-refractivity contribution in [1.82, 2.24) is 24.1 Å². The number of aromatic nitrogens is 5. The number of imidazole rings is 1. The molecular formula is C10H11N5OS. The van der Waals surface area contributed by atoms with Crippen molar-refractivity contribution in [3.63, 3.8) is 0 Å². The highest BCUT2D eigenvalue weighted by atomic mass is 32.1. The summed E-state index contributed by atoms with van der Waals surface area (Å²) < 4.78 is 3.54. The van der Waals surface area contributed by atoms with E-state index in [9.17, 15) is 5.11 Å². The second-order valence-corrected chi connectivity index (χ2v) is 4.59. The minimum atomic E-state index is -0.0778. The summed E-state index contributed by atoms with van der Waals surface area (Å²) in [6.07, 6.45) is 1.89. The zero-order valence-electron chi connectivity index (χ0n) is 9.45. The molecule has 0 radical (unpaired) electrons. The second kappa shape index (κ2) is 3.64. The quantitative estimate of drug-likeness (QED) is 0.738. The number of rotatable bonds is 2. The molecular weight excluding hydrogens is 238 g/mol. The first kappa shape index (κ1) is 10.4. The van der Waals surface area contributed by atoms with Gasteiger partial charge in [-0.15, -0.1) is 16.4 Å². The van der Waals surface area contributed by atoms with Gasteiger partial charge in [-0.2, -0.15) is 9.67 Å². The van der Waals surface area contributed by atoms with Crippen molar-refractivity contribution < 1.29 is 5.11 Å². The molecule has 0 saturated carbocycles. The third kappa shape index (κ3) is 1.47. The number of aliphatic hydroxyl groups excluding tert-OH is 1. The van der Waals surface area contributed by atoms with Crippen LogP contribution in [0.1, 0.15) is 17.3 Å². The third-order valence-corrected chi connectivity index (χ3v) is 3.32. The van der Waals surface area contributed by atoms with E-state index in [0.717, 1.165) is 16.5 Å². The van der Waals surface area contributed by atoms with Gasteiger partial charge in [0.2, 0.25) is 0 Å². The van der Waals surface area contributed by atoms with Crippen molar-refractivity contribution >= 4 is 16.3 Å². The first-order chi connectivity index (χ1) is 8.20. The highest BCUT2D eigenvalue weighted by Gasteiger charge is 2.16. The van der Waals surface area contributed by atoms with Crippen LogP contribution in [0.4, 0.5) is 0 Å². The Bertz CT molecular complexity index is 680. The van der Waals surface area contributed by atoms with Crippen LogP contribution in [0.2, 0.25) is 0 Å². The Kier molecular flexibility index (Phi) is 2.23. The molecule has 3 aromatic heterocycles. The van der Waals surface area contributed by atoms with Gasteiger partial charge in [0, 0.05) is 11.6 Å². The zero-order chi connectivity index (χ0) is 12.0. The minimum absolute atomic E-state index is 0.0778. The van der Waals surface area contributed by atoms with Crippen LogP contribution in [-0.2, 0) is 6.61 Å². The summed E-state index contributed by atoms with van der Waals surface area (Å²) in [4.78, 5) is 9.56. The normalized spacial score (nSPS) is 11.5. The lowest BCUT2D eigenvalue weighted by Gasteiger charge is -2.01. The van der Waals surface area contributed by atoms with Gasteiger partial charge in [-0.05, 0) is 13.8 Å². The lowest BCUT2D eigenvalue weighted by atomic mass is 10.4. The van der Waals surface area contributed by atoms with E-state index < -0.39 is 0 Å². The number of thiazole rings is 1. The van der Waals surface area contributed by atoms with E-state index in [1.54, 1.807) is 4.68 Å². The maximum Gasteiger partial charge on any atom is 0.196 e. The van der Waals surface area contributed by atoms with Crippen LogP contribution >= 0.6 is 11.3 Å². The van der Waals surface area contributed by atoms with Crippen LogP contribution in [0, 0.1) is 13.8 Å². The molecule has 1 N–H and O–H groups in total. The van der Waals surface area contributed by atoms with E-state index in [1.165, 1.54) is 11.3 Å². The molecule has 0 fully saturated rings. The number of aryl methyl sites for hydroxylation is 2. The summed E-state index contributed by atoms with van der Waals surface area (Å²) in [5.41, 5.74) is 0.731. The predicted molar refractivity (Wildman–Crippen MR) is 63.4 cm³/mol. The maximum atomic E-state index is 9.46. The topological polar surface area (TPSA) is 68.2 Å². The summed E-state index contributed by atoms with van der Waals surface area (Å²) in [7, 11) is 0. The molecule has 3 heterocycles. The van der Waals surface area contributed by atoms with Gasteiger partial charge in [0.1, 0.15) is 11.6 Å². The van der Waals surface area contributed by atoms with E-state index in [4.69, 9.17) is 0 Å². The van der Waals surface area contributed by atoms with Gasteiger partial charge in [-0.1, -0.05) is 0 Å². The summed E-state index contributed by atoms with van der Waals surface area (Å²) in [5, 5.41) is 15.7. The Morgan fingerprint density at radius 3 is 2.82 bits per heavy atom. The molecule has 3 rings (SSSR count). The maximum absolute atomic E-state index is 9.46. The highest BCUT2D eigenvalue weighted by molar-refractivity contribution is 7.15. The molecule has 6 nitrogen and oxygen atoms in total. The van der Waals surface area contributed by atoms with E-state index >= 15 is 0 Å². The van der Waals surface area contributed by atoms with Gasteiger partial charge in [0.05, 0.1) is 12.3 Å². The van der Waals surface area contributed by atoms with E-state index in [-0.39, 0.29) is 6.61 Å². The molecule has 0 bridgehead atoms. The highest BCUT2D eigenvalue weighted by Crippen LogP contribution is 2.20. The molecule has 88 valence electrons. The molecule has 0 aliphatic carbocycles. The summed E-state index contributed by atoms with van der Waals surface area (Å²) in [6.45, 7) is 3.63. The van der Waals surface area contributed by atoms with Crippen molar-refractivity contribution in [1.29, 1.82) is 0 Å². The zero-order valence-corrected chi connectivity index (χ0v) is 10.3. The van der Waals surface area contributed by atoms with Crippen molar-refractivity contribution in [3.05, 3.63) is 28.9 Å². The Morgan fingerprint density at radius 2 is 2.18 bits per heavy atom. The molecule has 17 heavy (non-hydrogen) atoms. The van der Waals surface area contributed by atoms with Crippen molar-refractivity contribution in [3.8, 4) is 5.82 Å². The van der Waals surface area contributed by atoms with E-state index in [2.05, 4.69) is 15.1 Å². The monoisotopic (exact) mass is 249 g/mol. The molecule has 0 aliphatic rings. The molecule has 0 aliphatic heterocycles. The number of fused-ring (bicyclic) bond motifs is 1. The first-order valence-corrected chi connectivity index (χ1v) is 6.04. The van der Waals surface area contributed by atoms with Crippen molar-refractivity contribution in [2.45, 2.75) is 20.5 Å². The van der Waals surface area contributed by atoms with Gasteiger partial charge >= 0.3 is 0 Å². The molecule has 0 saturated heterocycles. The lowest BCUT2D eigenvalue weighted by Crippen LogP contribution is -2.04. The standard InChI is InChI=1S/C10H11N5OS/c1-6-11-7(2)15(13-6)9-8(5-16)14-3-4-17-10(14)12-9/h3-4,16H,5H2,1-2H3. The van der Waals surface area contributed by atoms with Crippen LogP contribution in [0.15, 0.2) is 11.6 Å². The molecule has 0 aromatic carbocycles. The number of aliphatic hydroxyl groups is 1. The van der Waals surface area contributed by atoms with Crippen LogP contribution in [0.25, 0.3) is 10.8 Å². The third-order valence-electron chi connectivity index (χ3n) is 2.57. The number of nitrogens with zero attached hydrogens (tertiary/aromatic N) is 5. The first-order valence-electron chi connectivity index (χ1n) is 5.16. The Labute approximate surface area is 101 Å². The Morgan fingerprint density at radius 1 is 1.35 bits per heavy atom. The largest absolute Gasteiger partial charge is 0.390 e. The Balaban J connectivity index is 2.29. The molecule has 0 unspecified atom stereocenters. The fraction of sp³-hybridized carbons (Fsp3) is 0.300. The SMILES string of the molecule is Cc1nc(C)n(-c2nc3sccn3c2CO)n1. The lowest BCUT2D eigenvalue weighted by molar-refractivity contribution is 0.275. The van der Waals surface area contributed by atoms with E-state index in [0.29, 0.717) is 11.6 Å². The van der Waals surface area contributed by atoms with E-state index in [1.807, 2.05) is 29.8 Å². The molecule has 7 heteroatoms. The van der Waals surface area contributed by atoms with Crippen LogP contribution in [0.3, 0.4) is 0 Å². The fourth-order valence-corrected chi connectivity index (χ4v) is 2.59. The predicted octanol–water partition coefficient (Wildman–Crippen LogP) is 1.09. The van der Waals surface area contributed by atoms with Crippen LogP contribution in [-0.4, -0.2) is 29.3 Å². The van der Waals surface area contributed by atoms with Gasteiger partial charge in [-0.3, -0.25) is 4.40 Å². The average molecular weight is 249 g/mol. The summed E-state index contributed by atoms with van der Waals surface area (Å²) in [5.74, 6) is 2.11. The minimum Gasteiger partial charge on any atom is -0.390 e. The van der Waals surface area contributed by atoms with Crippen LogP contribution < -0.4 is 0 Å². The van der Waals surface area contributed by atoms with Gasteiger partial charge in [0.15, 0.2) is 10.8 Å². The van der Waals surface area contributed by atoms with Gasteiger partial charge < -0.3 is 5.11 Å². The number of hydrogen-bond acceptors (Lipinski definition) is 5.